The molecule has 0 aliphatic heterocycles. The molecule has 1 N–H and O–H groups in total. The lowest BCUT2D eigenvalue weighted by Gasteiger charge is -2.10. The van der Waals surface area contributed by atoms with Crippen LogP contribution in [0.4, 0.5) is 5.69 Å². The lowest BCUT2D eigenvalue weighted by atomic mass is 10.2. The minimum atomic E-state index is 0.529. The van der Waals surface area contributed by atoms with Gasteiger partial charge in [-0.1, -0.05) is 23.8 Å². The summed E-state index contributed by atoms with van der Waals surface area (Å²) in [5.41, 5.74) is 6.08. The fraction of sp³-hybridized carbons (Fsp3) is 0.211. The average molecular weight is 310 g/mol. The van der Waals surface area contributed by atoms with Crippen molar-refractivity contribution < 1.29 is 9.47 Å². The molecule has 0 atom stereocenters. The number of anilines is 1. The predicted molar refractivity (Wildman–Crippen MR) is 95.6 cm³/mol. The molecule has 0 heterocycles. The van der Waals surface area contributed by atoms with Crippen LogP contribution in [-0.2, 0) is 0 Å². The first kappa shape index (κ1) is 16.6. The predicted octanol–water partition coefficient (Wildman–Crippen LogP) is 4.49. The lowest BCUT2D eigenvalue weighted by Crippen LogP contribution is -1.98. The minimum absolute atomic E-state index is 0.529. The molecule has 0 unspecified atom stereocenters. The highest BCUT2D eigenvalue weighted by atomic mass is 16.5. The number of nitrogens with one attached hydrogen (secondary N) is 1. The monoisotopic (exact) mass is 310 g/mol. The molecule has 0 bridgehead atoms. The highest BCUT2D eigenvalue weighted by Crippen LogP contribution is 2.27. The Morgan fingerprint density at radius 3 is 2.57 bits per heavy atom. The first-order chi connectivity index (χ1) is 11.2. The van der Waals surface area contributed by atoms with E-state index in [0.717, 1.165) is 17.0 Å². The summed E-state index contributed by atoms with van der Waals surface area (Å²) in [5, 5.41) is 4.22. The number of rotatable bonds is 7. The zero-order chi connectivity index (χ0) is 16.5. The summed E-state index contributed by atoms with van der Waals surface area (Å²) in [4.78, 5) is 0. The molecule has 0 radical (unpaired) electrons. The summed E-state index contributed by atoms with van der Waals surface area (Å²) in [6, 6.07) is 15.5. The maximum Gasteiger partial charge on any atom is 0.161 e. The van der Waals surface area contributed by atoms with Gasteiger partial charge < -0.3 is 9.47 Å². The fourth-order valence-corrected chi connectivity index (χ4v) is 1.88. The van der Waals surface area contributed by atoms with Crippen molar-refractivity contribution in [2.24, 2.45) is 5.10 Å². The number of methoxy groups -OCH3 is 1. The minimum Gasteiger partial charge on any atom is -0.493 e. The van der Waals surface area contributed by atoms with Crippen molar-refractivity contribution in [1.82, 2.24) is 0 Å². The molecule has 0 amide bonds. The second-order valence-corrected chi connectivity index (χ2v) is 5.24. The van der Waals surface area contributed by atoms with E-state index in [0.29, 0.717) is 12.4 Å². The van der Waals surface area contributed by atoms with Gasteiger partial charge in [0.2, 0.25) is 0 Å². The van der Waals surface area contributed by atoms with Gasteiger partial charge in [0.1, 0.15) is 6.61 Å². The zero-order valence-corrected chi connectivity index (χ0v) is 13.7. The molecule has 2 aromatic carbocycles. The fourth-order valence-electron chi connectivity index (χ4n) is 1.88. The molecular formula is C19H22N2O2. The first-order valence-corrected chi connectivity index (χ1v) is 7.47. The van der Waals surface area contributed by atoms with Crippen molar-refractivity contribution in [2.75, 3.05) is 19.1 Å². The second kappa shape index (κ2) is 8.63. The van der Waals surface area contributed by atoms with Gasteiger partial charge in [-0.3, -0.25) is 5.43 Å². The Morgan fingerprint density at radius 2 is 1.87 bits per heavy atom. The zero-order valence-electron chi connectivity index (χ0n) is 13.7. The van der Waals surface area contributed by atoms with Gasteiger partial charge in [-0.25, -0.2) is 0 Å². The molecule has 4 nitrogen and oxygen atoms in total. The van der Waals surface area contributed by atoms with Crippen molar-refractivity contribution >= 4 is 11.9 Å². The van der Waals surface area contributed by atoms with E-state index in [1.54, 1.807) is 13.3 Å². The Balaban J connectivity index is 2.01. The van der Waals surface area contributed by atoms with Gasteiger partial charge in [0.05, 0.1) is 19.0 Å². The Morgan fingerprint density at radius 1 is 1.09 bits per heavy atom. The molecule has 0 fully saturated rings. The maximum atomic E-state index is 5.71. The van der Waals surface area contributed by atoms with Gasteiger partial charge in [0, 0.05) is 0 Å². The molecule has 120 valence electrons. The molecule has 0 saturated heterocycles. The van der Waals surface area contributed by atoms with Crippen molar-refractivity contribution in [1.29, 1.82) is 0 Å². The summed E-state index contributed by atoms with van der Waals surface area (Å²) >= 11 is 0. The van der Waals surface area contributed by atoms with Gasteiger partial charge in [-0.15, -0.1) is 0 Å². The van der Waals surface area contributed by atoms with Crippen molar-refractivity contribution in [3.05, 3.63) is 65.7 Å². The van der Waals surface area contributed by atoms with E-state index >= 15 is 0 Å². The molecule has 0 aliphatic rings. The first-order valence-electron chi connectivity index (χ1n) is 7.47. The third kappa shape index (κ3) is 5.51. The van der Waals surface area contributed by atoms with E-state index in [-0.39, 0.29) is 0 Å². The van der Waals surface area contributed by atoms with Crippen LogP contribution >= 0.6 is 0 Å². The van der Waals surface area contributed by atoms with Crippen molar-refractivity contribution in [2.45, 2.75) is 13.8 Å². The summed E-state index contributed by atoms with van der Waals surface area (Å²) < 4.78 is 11.1. The normalized spacial score (nSPS) is 10.4. The smallest absolute Gasteiger partial charge is 0.161 e. The largest absolute Gasteiger partial charge is 0.493 e. The van der Waals surface area contributed by atoms with Crippen molar-refractivity contribution in [3.8, 4) is 11.5 Å². The second-order valence-electron chi connectivity index (χ2n) is 5.24. The highest BCUT2D eigenvalue weighted by molar-refractivity contribution is 5.81. The molecule has 4 heteroatoms. The van der Waals surface area contributed by atoms with E-state index in [1.807, 2.05) is 68.5 Å². The van der Waals surface area contributed by atoms with Gasteiger partial charge >= 0.3 is 0 Å². The summed E-state index contributed by atoms with van der Waals surface area (Å²) in [6.07, 6.45) is 3.77. The summed E-state index contributed by atoms with van der Waals surface area (Å²) in [7, 11) is 1.63. The number of para-hydroxylation sites is 1. The van der Waals surface area contributed by atoms with Crippen LogP contribution in [0.15, 0.2) is 65.3 Å². The number of hydrazone groups is 1. The standard InChI is InChI=1S/C19H22N2O2/c1-15(2)11-12-23-18-10-9-16(13-19(18)22-3)14-20-21-17-7-5-4-6-8-17/h4-11,13-14,21H,12H2,1-3H3. The van der Waals surface area contributed by atoms with Crippen LogP contribution in [0.2, 0.25) is 0 Å². The number of benzene rings is 2. The molecule has 0 aliphatic carbocycles. The highest BCUT2D eigenvalue weighted by Gasteiger charge is 2.04. The van der Waals surface area contributed by atoms with Crippen molar-refractivity contribution in [3.63, 3.8) is 0 Å². The lowest BCUT2D eigenvalue weighted by molar-refractivity contribution is 0.325. The maximum absolute atomic E-state index is 5.71. The number of nitrogens with zero attached hydrogens (tertiary/aromatic N) is 1. The molecular weight excluding hydrogens is 288 g/mol. The molecule has 0 saturated carbocycles. The van der Waals surface area contributed by atoms with Crippen LogP contribution in [0.1, 0.15) is 19.4 Å². The molecule has 2 rings (SSSR count). The number of hydrogen-bond donors (Lipinski definition) is 1. The van der Waals surface area contributed by atoms with E-state index in [2.05, 4.69) is 10.5 Å². The Kier molecular flexibility index (Phi) is 6.24. The average Bonchev–Trinajstić information content (AvgIpc) is 2.56. The quantitative estimate of drug-likeness (QED) is 0.465. The molecule has 0 spiro atoms. The van der Waals surface area contributed by atoms with Crippen LogP contribution in [-0.4, -0.2) is 19.9 Å². The number of ether oxygens (including phenoxy) is 2. The van der Waals surface area contributed by atoms with Gasteiger partial charge in [0.15, 0.2) is 11.5 Å². The van der Waals surface area contributed by atoms with Gasteiger partial charge in [-0.2, -0.15) is 5.10 Å². The van der Waals surface area contributed by atoms with E-state index in [1.165, 1.54) is 5.57 Å². The third-order valence-electron chi connectivity index (χ3n) is 3.10. The SMILES string of the molecule is COc1cc(C=NNc2ccccc2)ccc1OCC=C(C)C. The Bertz CT molecular complexity index is 675. The van der Waals surface area contributed by atoms with Crippen LogP contribution in [0, 0.1) is 0 Å². The molecule has 2 aromatic rings. The van der Waals surface area contributed by atoms with Crippen LogP contribution in [0.5, 0.6) is 11.5 Å². The van der Waals surface area contributed by atoms with E-state index < -0.39 is 0 Å². The van der Waals surface area contributed by atoms with Crippen LogP contribution < -0.4 is 14.9 Å². The third-order valence-corrected chi connectivity index (χ3v) is 3.10. The summed E-state index contributed by atoms with van der Waals surface area (Å²) in [6.45, 7) is 4.61. The number of hydrogen-bond acceptors (Lipinski definition) is 4. The Labute approximate surface area is 137 Å². The molecule has 0 aromatic heterocycles. The van der Waals surface area contributed by atoms with Gasteiger partial charge in [0.25, 0.3) is 0 Å². The molecule has 23 heavy (non-hydrogen) atoms. The van der Waals surface area contributed by atoms with Gasteiger partial charge in [-0.05, 0) is 55.8 Å². The van der Waals surface area contributed by atoms with Crippen LogP contribution in [0.3, 0.4) is 0 Å². The van der Waals surface area contributed by atoms with E-state index in [9.17, 15) is 0 Å². The Hall–Kier alpha value is -2.75. The van der Waals surface area contributed by atoms with Crippen LogP contribution in [0.25, 0.3) is 0 Å². The number of allylic oxidation sites excluding steroid dienone is 1. The summed E-state index contributed by atoms with van der Waals surface area (Å²) in [5.74, 6) is 1.41. The topological polar surface area (TPSA) is 42.8 Å². The van der Waals surface area contributed by atoms with E-state index in [4.69, 9.17) is 9.47 Å².